The number of pyridine rings is 1. The topological polar surface area (TPSA) is 73.0 Å². The summed E-state index contributed by atoms with van der Waals surface area (Å²) in [6.07, 6.45) is -0.235. The number of hydrogen-bond acceptors (Lipinski definition) is 4. The minimum Gasteiger partial charge on any atom is -0.364 e. The molecule has 1 N–H and O–H groups in total. The van der Waals surface area contributed by atoms with Crippen molar-refractivity contribution in [3.05, 3.63) is 77.1 Å². The predicted octanol–water partition coefficient (Wildman–Crippen LogP) is 4.96. The molecule has 4 rings (SSSR count). The number of nitrogens with zero attached hydrogens (tertiary/aromatic N) is 3. The van der Waals surface area contributed by atoms with Crippen molar-refractivity contribution in [3.63, 3.8) is 0 Å². The highest BCUT2D eigenvalue weighted by Gasteiger charge is 2.32. The van der Waals surface area contributed by atoms with Crippen LogP contribution in [-0.4, -0.2) is 20.6 Å². The molecule has 30 heavy (non-hydrogen) atoms. The number of hydrogen-bond donors (Lipinski definition) is 1. The zero-order valence-corrected chi connectivity index (χ0v) is 16.1. The summed E-state index contributed by atoms with van der Waals surface area (Å²) in [5, 5.41) is 7.40. The molecule has 0 bridgehead atoms. The van der Waals surface area contributed by atoms with Gasteiger partial charge in [0.05, 0.1) is 16.9 Å². The summed E-state index contributed by atoms with van der Waals surface area (Å²) in [5.74, 6) is -0.356. The van der Waals surface area contributed by atoms with Gasteiger partial charge in [-0.3, -0.25) is 9.78 Å². The molecule has 0 fully saturated rings. The lowest BCUT2D eigenvalue weighted by atomic mass is 10.1. The Balaban J connectivity index is 1.67. The van der Waals surface area contributed by atoms with Crippen molar-refractivity contribution in [1.29, 1.82) is 0 Å². The highest BCUT2D eigenvalue weighted by atomic mass is 19.4. The van der Waals surface area contributed by atoms with E-state index in [9.17, 15) is 18.0 Å². The molecule has 0 radical (unpaired) electrons. The Morgan fingerprint density at radius 3 is 2.63 bits per heavy atom. The summed E-state index contributed by atoms with van der Waals surface area (Å²) >= 11 is 0. The van der Waals surface area contributed by atoms with E-state index in [1.807, 2.05) is 29.7 Å². The molecule has 3 heterocycles. The molecule has 1 aromatic carbocycles. The number of halogens is 3. The maximum Gasteiger partial charge on any atom is 0.433 e. The van der Waals surface area contributed by atoms with E-state index in [-0.39, 0.29) is 5.91 Å². The standard InChI is InChI=1S/C21H17F3N4O2/c1-12-3-5-18-15(7-12)17(26-20(29)16-11-30-27-13(16)2)10-28(18)9-14-4-6-19(25-8-14)21(22,23)24/h3-8,10-11H,9H2,1-2H3,(H,26,29). The van der Waals surface area contributed by atoms with E-state index in [2.05, 4.69) is 15.5 Å². The molecular weight excluding hydrogens is 397 g/mol. The van der Waals surface area contributed by atoms with E-state index in [1.165, 1.54) is 18.5 Å². The highest BCUT2D eigenvalue weighted by molar-refractivity contribution is 6.09. The van der Waals surface area contributed by atoms with E-state index in [4.69, 9.17) is 4.52 Å². The first-order chi connectivity index (χ1) is 14.2. The summed E-state index contributed by atoms with van der Waals surface area (Å²) in [7, 11) is 0. The Bertz CT molecular complexity index is 1220. The number of carbonyl (C=O) groups excluding carboxylic acids is 1. The molecular formula is C21H17F3N4O2. The molecule has 3 aromatic heterocycles. The first kappa shape index (κ1) is 19.7. The molecule has 0 saturated carbocycles. The normalized spacial score (nSPS) is 11.8. The molecule has 4 aromatic rings. The Morgan fingerprint density at radius 2 is 2.00 bits per heavy atom. The summed E-state index contributed by atoms with van der Waals surface area (Å²) in [6, 6.07) is 8.13. The molecule has 0 saturated heterocycles. The third-order valence-electron chi connectivity index (χ3n) is 4.75. The molecule has 0 atom stereocenters. The van der Waals surface area contributed by atoms with Crippen molar-refractivity contribution >= 4 is 22.5 Å². The quantitative estimate of drug-likeness (QED) is 0.512. The Kier molecular flexibility index (Phi) is 4.81. The minimum atomic E-state index is -4.48. The second-order valence-electron chi connectivity index (χ2n) is 7.01. The monoisotopic (exact) mass is 414 g/mol. The summed E-state index contributed by atoms with van der Waals surface area (Å²) in [6.45, 7) is 3.91. The van der Waals surface area contributed by atoms with Gasteiger partial charge in [-0.1, -0.05) is 22.9 Å². The molecule has 0 spiro atoms. The van der Waals surface area contributed by atoms with E-state index in [0.29, 0.717) is 29.1 Å². The number of anilines is 1. The third kappa shape index (κ3) is 3.78. The molecule has 6 nitrogen and oxygen atoms in total. The second-order valence-corrected chi connectivity index (χ2v) is 7.01. The smallest absolute Gasteiger partial charge is 0.364 e. The maximum atomic E-state index is 12.7. The van der Waals surface area contributed by atoms with Crippen molar-refractivity contribution in [2.24, 2.45) is 0 Å². The van der Waals surface area contributed by atoms with Gasteiger partial charge in [0.2, 0.25) is 0 Å². The van der Waals surface area contributed by atoms with Crippen LogP contribution in [0.1, 0.15) is 32.9 Å². The Morgan fingerprint density at radius 1 is 1.20 bits per heavy atom. The summed E-state index contributed by atoms with van der Waals surface area (Å²) in [5.41, 5.74) is 2.90. The third-order valence-corrected chi connectivity index (χ3v) is 4.75. The fraction of sp³-hybridized carbons (Fsp3) is 0.190. The number of amides is 1. The van der Waals surface area contributed by atoms with Crippen LogP contribution in [-0.2, 0) is 12.7 Å². The zero-order valence-electron chi connectivity index (χ0n) is 16.1. The van der Waals surface area contributed by atoms with Gasteiger partial charge in [0, 0.05) is 24.3 Å². The van der Waals surface area contributed by atoms with Crippen LogP contribution in [0.25, 0.3) is 10.9 Å². The van der Waals surface area contributed by atoms with Gasteiger partial charge in [-0.15, -0.1) is 0 Å². The first-order valence-electron chi connectivity index (χ1n) is 9.06. The molecule has 0 unspecified atom stereocenters. The Hall–Kier alpha value is -3.62. The lowest BCUT2D eigenvalue weighted by molar-refractivity contribution is -0.141. The first-order valence-corrected chi connectivity index (χ1v) is 9.06. The summed E-state index contributed by atoms with van der Waals surface area (Å²) < 4.78 is 44.9. The number of alkyl halides is 3. The molecule has 1 amide bonds. The number of fused-ring (bicyclic) bond motifs is 1. The van der Waals surface area contributed by atoms with Gasteiger partial charge in [0.15, 0.2) is 0 Å². The lowest BCUT2D eigenvalue weighted by Gasteiger charge is -2.08. The van der Waals surface area contributed by atoms with E-state index >= 15 is 0 Å². The highest BCUT2D eigenvalue weighted by Crippen LogP contribution is 2.30. The molecule has 154 valence electrons. The van der Waals surface area contributed by atoms with Crippen molar-refractivity contribution in [2.75, 3.05) is 5.32 Å². The van der Waals surface area contributed by atoms with E-state index in [0.717, 1.165) is 22.5 Å². The number of nitrogens with one attached hydrogen (secondary N) is 1. The molecule has 0 aliphatic carbocycles. The van der Waals surface area contributed by atoms with Gasteiger partial charge < -0.3 is 14.4 Å². The minimum absolute atomic E-state index is 0.298. The van der Waals surface area contributed by atoms with Gasteiger partial charge in [-0.2, -0.15) is 13.2 Å². The zero-order chi connectivity index (χ0) is 21.5. The summed E-state index contributed by atoms with van der Waals surface area (Å²) in [4.78, 5) is 16.1. The van der Waals surface area contributed by atoms with Gasteiger partial charge in [-0.05, 0) is 37.6 Å². The average molecular weight is 414 g/mol. The van der Waals surface area contributed by atoms with Gasteiger partial charge in [-0.25, -0.2) is 0 Å². The van der Waals surface area contributed by atoms with E-state index in [1.54, 1.807) is 13.1 Å². The second kappa shape index (κ2) is 7.33. The number of aromatic nitrogens is 3. The lowest BCUT2D eigenvalue weighted by Crippen LogP contribution is -2.12. The maximum absolute atomic E-state index is 12.7. The molecule has 9 heteroatoms. The van der Waals surface area contributed by atoms with Crippen LogP contribution in [0.4, 0.5) is 18.9 Å². The van der Waals surface area contributed by atoms with Crippen LogP contribution in [0.2, 0.25) is 0 Å². The fourth-order valence-electron chi connectivity index (χ4n) is 3.22. The number of rotatable bonds is 4. The number of carbonyl (C=O) groups is 1. The average Bonchev–Trinajstić information content (AvgIpc) is 3.25. The van der Waals surface area contributed by atoms with E-state index < -0.39 is 11.9 Å². The largest absolute Gasteiger partial charge is 0.433 e. The van der Waals surface area contributed by atoms with Gasteiger partial charge in [0.25, 0.3) is 5.91 Å². The van der Waals surface area contributed by atoms with Crippen LogP contribution in [0.5, 0.6) is 0 Å². The number of benzene rings is 1. The molecule has 0 aliphatic rings. The predicted molar refractivity (Wildman–Crippen MR) is 104 cm³/mol. The fourth-order valence-corrected chi connectivity index (χ4v) is 3.22. The van der Waals surface area contributed by atoms with Crippen LogP contribution in [0.3, 0.4) is 0 Å². The van der Waals surface area contributed by atoms with Crippen molar-refractivity contribution in [1.82, 2.24) is 14.7 Å². The molecule has 0 aliphatic heterocycles. The number of aryl methyl sites for hydroxylation is 2. The van der Waals surface area contributed by atoms with Crippen molar-refractivity contribution in [3.8, 4) is 0 Å². The van der Waals surface area contributed by atoms with Gasteiger partial charge >= 0.3 is 6.18 Å². The van der Waals surface area contributed by atoms with Crippen LogP contribution in [0, 0.1) is 13.8 Å². The Labute approximate surface area is 169 Å². The van der Waals surface area contributed by atoms with Crippen LogP contribution in [0.15, 0.2) is 53.5 Å². The van der Waals surface area contributed by atoms with Crippen LogP contribution >= 0.6 is 0 Å². The van der Waals surface area contributed by atoms with Crippen molar-refractivity contribution < 1.29 is 22.5 Å². The van der Waals surface area contributed by atoms with Gasteiger partial charge in [0.1, 0.15) is 17.5 Å². The van der Waals surface area contributed by atoms with Crippen molar-refractivity contribution in [2.45, 2.75) is 26.6 Å². The SMILES string of the molecule is Cc1ccc2c(c1)c(NC(=O)c1conc1C)cn2Cc1ccc(C(F)(F)F)nc1. The van der Waals surface area contributed by atoms with Crippen LogP contribution < -0.4 is 5.32 Å².